The second kappa shape index (κ2) is 8.35. The molecular weight excluding hydrogens is 324 g/mol. The van der Waals surface area contributed by atoms with Gasteiger partial charge >= 0.3 is 0 Å². The maximum Gasteiger partial charge on any atom is 0.207 e. The van der Waals surface area contributed by atoms with E-state index < -0.39 is 0 Å². The van der Waals surface area contributed by atoms with E-state index in [1.807, 2.05) is 18.2 Å². The van der Waals surface area contributed by atoms with Crippen LogP contribution < -0.4 is 9.64 Å². The van der Waals surface area contributed by atoms with E-state index >= 15 is 0 Å². The molecule has 2 aromatic carbocycles. The van der Waals surface area contributed by atoms with Crippen LogP contribution in [0.3, 0.4) is 0 Å². The number of anilines is 1. The van der Waals surface area contributed by atoms with Gasteiger partial charge < -0.3 is 9.64 Å². The van der Waals surface area contributed by atoms with Crippen LogP contribution in [0.2, 0.25) is 0 Å². The molecule has 1 aliphatic heterocycles. The first kappa shape index (κ1) is 17.8. The zero-order chi connectivity index (χ0) is 18.4. The summed E-state index contributed by atoms with van der Waals surface area (Å²) in [6, 6.07) is 17.0. The van der Waals surface area contributed by atoms with E-state index in [0.717, 1.165) is 18.7 Å². The topological polar surface area (TPSA) is 53.3 Å². The molecule has 0 amide bonds. The fourth-order valence-corrected chi connectivity index (χ4v) is 3.23. The average molecular weight is 346 g/mol. The lowest BCUT2D eigenvalue weighted by atomic mass is 10.0. The minimum Gasteiger partial charge on any atom is -0.496 e. The van der Waals surface area contributed by atoms with Gasteiger partial charge in [-0.05, 0) is 55.2 Å². The van der Waals surface area contributed by atoms with Crippen LogP contribution in [0.4, 0.5) is 5.69 Å². The summed E-state index contributed by atoms with van der Waals surface area (Å²) >= 11 is 0. The van der Waals surface area contributed by atoms with Crippen LogP contribution in [0.1, 0.15) is 35.2 Å². The number of methoxy groups -OCH3 is 1. The number of ether oxygens (including phenoxy) is 1. The van der Waals surface area contributed by atoms with Crippen molar-refractivity contribution < 1.29 is 9.53 Å². The van der Waals surface area contributed by atoms with E-state index in [-0.39, 0.29) is 11.4 Å². The summed E-state index contributed by atoms with van der Waals surface area (Å²) in [5, 5.41) is 9.45. The summed E-state index contributed by atoms with van der Waals surface area (Å²) < 4.78 is 5.23. The van der Waals surface area contributed by atoms with Crippen molar-refractivity contribution in [3.05, 3.63) is 65.2 Å². The lowest BCUT2D eigenvalue weighted by Crippen LogP contribution is -2.29. The van der Waals surface area contributed by atoms with Crippen molar-refractivity contribution in [2.45, 2.75) is 19.3 Å². The monoisotopic (exact) mass is 346 g/mol. The van der Waals surface area contributed by atoms with Crippen molar-refractivity contribution in [2.75, 3.05) is 25.1 Å². The van der Waals surface area contributed by atoms with Crippen LogP contribution >= 0.6 is 0 Å². The molecule has 0 saturated carbocycles. The highest BCUT2D eigenvalue weighted by atomic mass is 16.5. The molecule has 0 aliphatic carbocycles. The molecule has 0 atom stereocenters. The summed E-state index contributed by atoms with van der Waals surface area (Å²) in [6.07, 6.45) is 5.39. The van der Waals surface area contributed by atoms with E-state index in [2.05, 4.69) is 17.0 Å². The van der Waals surface area contributed by atoms with Crippen LogP contribution in [0, 0.1) is 11.3 Å². The molecule has 1 saturated heterocycles. The minimum absolute atomic E-state index is 0.0974. The maximum absolute atomic E-state index is 12.7. The van der Waals surface area contributed by atoms with Crippen LogP contribution in [0.15, 0.2) is 54.1 Å². The SMILES string of the molecule is COc1ccccc1C(=O)/C(C#N)=C/c1ccc(N2CCCCC2)cc1. The normalized spacial score (nSPS) is 14.6. The van der Waals surface area contributed by atoms with Gasteiger partial charge in [0.15, 0.2) is 0 Å². The number of piperidine rings is 1. The van der Waals surface area contributed by atoms with E-state index in [1.165, 1.54) is 32.1 Å². The van der Waals surface area contributed by atoms with Gasteiger partial charge in [0.25, 0.3) is 0 Å². The number of rotatable bonds is 5. The molecule has 1 aliphatic rings. The van der Waals surface area contributed by atoms with Crippen molar-refractivity contribution >= 4 is 17.5 Å². The highest BCUT2D eigenvalue weighted by Gasteiger charge is 2.16. The number of carbonyl (C=O) groups is 1. The van der Waals surface area contributed by atoms with Gasteiger partial charge in [-0.25, -0.2) is 0 Å². The van der Waals surface area contributed by atoms with Crippen molar-refractivity contribution in [1.82, 2.24) is 0 Å². The zero-order valence-electron chi connectivity index (χ0n) is 14.9. The first-order valence-electron chi connectivity index (χ1n) is 8.87. The van der Waals surface area contributed by atoms with Crippen LogP contribution in [0.25, 0.3) is 6.08 Å². The van der Waals surface area contributed by atoms with Crippen LogP contribution in [0.5, 0.6) is 5.75 Å². The second-order valence-electron chi connectivity index (χ2n) is 6.34. The highest BCUT2D eigenvalue weighted by molar-refractivity contribution is 6.15. The lowest BCUT2D eigenvalue weighted by molar-refractivity contribution is 0.103. The fraction of sp³-hybridized carbons (Fsp3) is 0.273. The third-order valence-electron chi connectivity index (χ3n) is 4.64. The van der Waals surface area contributed by atoms with Crippen molar-refractivity contribution in [3.8, 4) is 11.8 Å². The number of ketones is 1. The number of hydrogen-bond acceptors (Lipinski definition) is 4. The number of hydrogen-bond donors (Lipinski definition) is 0. The third-order valence-corrected chi connectivity index (χ3v) is 4.64. The van der Waals surface area contributed by atoms with Gasteiger partial charge in [0, 0.05) is 18.8 Å². The summed E-state index contributed by atoms with van der Waals surface area (Å²) in [6.45, 7) is 2.18. The Balaban J connectivity index is 1.82. The Morgan fingerprint density at radius 3 is 2.42 bits per heavy atom. The predicted octanol–water partition coefficient (Wildman–Crippen LogP) is 4.48. The molecule has 0 bridgehead atoms. The predicted molar refractivity (Wildman–Crippen MR) is 103 cm³/mol. The number of Topliss-reactive ketones (excluding diaryl/α,β-unsaturated/α-hetero) is 1. The first-order valence-corrected chi connectivity index (χ1v) is 8.87. The summed E-state index contributed by atoms with van der Waals surface area (Å²) in [7, 11) is 1.52. The van der Waals surface area contributed by atoms with Gasteiger partial charge in [-0.1, -0.05) is 24.3 Å². The molecule has 0 unspecified atom stereocenters. The molecule has 26 heavy (non-hydrogen) atoms. The largest absolute Gasteiger partial charge is 0.496 e. The molecule has 2 aromatic rings. The van der Waals surface area contributed by atoms with Crippen molar-refractivity contribution in [3.63, 3.8) is 0 Å². The van der Waals surface area contributed by atoms with E-state index in [1.54, 1.807) is 30.3 Å². The second-order valence-corrected chi connectivity index (χ2v) is 6.34. The molecule has 0 spiro atoms. The number of allylic oxidation sites excluding steroid dienone is 1. The minimum atomic E-state index is -0.329. The standard InChI is InChI=1S/C22H22N2O2/c1-26-21-8-4-3-7-20(21)22(25)18(16-23)15-17-9-11-19(12-10-17)24-13-5-2-6-14-24/h3-4,7-12,15H,2,5-6,13-14H2,1H3/b18-15+. The Morgan fingerprint density at radius 1 is 1.08 bits per heavy atom. The van der Waals surface area contributed by atoms with Crippen LogP contribution in [-0.4, -0.2) is 26.0 Å². The zero-order valence-corrected chi connectivity index (χ0v) is 14.9. The Morgan fingerprint density at radius 2 is 1.77 bits per heavy atom. The average Bonchev–Trinajstić information content (AvgIpc) is 2.72. The molecule has 4 nitrogen and oxygen atoms in total. The number of carbonyl (C=O) groups excluding carboxylic acids is 1. The van der Waals surface area contributed by atoms with E-state index in [4.69, 9.17) is 4.74 Å². The molecule has 4 heteroatoms. The van der Waals surface area contributed by atoms with Crippen molar-refractivity contribution in [2.24, 2.45) is 0 Å². The smallest absolute Gasteiger partial charge is 0.207 e. The van der Waals surface area contributed by atoms with Crippen LogP contribution in [-0.2, 0) is 0 Å². The third kappa shape index (κ3) is 3.94. The van der Waals surface area contributed by atoms with Crippen molar-refractivity contribution in [1.29, 1.82) is 5.26 Å². The number of nitrogens with zero attached hydrogens (tertiary/aromatic N) is 2. The molecule has 1 fully saturated rings. The number of nitriles is 1. The van der Waals surface area contributed by atoms with Gasteiger partial charge in [-0.3, -0.25) is 4.79 Å². The fourth-order valence-electron chi connectivity index (χ4n) is 3.23. The summed E-state index contributed by atoms with van der Waals surface area (Å²) in [5.74, 6) is 0.143. The number of benzene rings is 2. The molecule has 132 valence electrons. The molecule has 0 N–H and O–H groups in total. The van der Waals surface area contributed by atoms with Gasteiger partial charge in [-0.15, -0.1) is 0 Å². The molecule has 1 heterocycles. The highest BCUT2D eigenvalue weighted by Crippen LogP contribution is 2.24. The van der Waals surface area contributed by atoms with Gasteiger partial charge in [0.1, 0.15) is 17.4 Å². The maximum atomic E-state index is 12.7. The van der Waals surface area contributed by atoms with E-state index in [9.17, 15) is 10.1 Å². The van der Waals surface area contributed by atoms with Gasteiger partial charge in [0.2, 0.25) is 5.78 Å². The quantitative estimate of drug-likeness (QED) is 0.455. The Hall–Kier alpha value is -3.06. The molecular formula is C22H22N2O2. The van der Waals surface area contributed by atoms with E-state index in [0.29, 0.717) is 11.3 Å². The number of para-hydroxylation sites is 1. The lowest BCUT2D eigenvalue weighted by Gasteiger charge is -2.28. The Kier molecular flexibility index (Phi) is 5.70. The molecule has 0 radical (unpaired) electrons. The Bertz CT molecular complexity index is 841. The molecule has 0 aromatic heterocycles. The summed E-state index contributed by atoms with van der Waals surface area (Å²) in [4.78, 5) is 15.1. The first-order chi connectivity index (χ1) is 12.7. The van der Waals surface area contributed by atoms with Gasteiger partial charge in [0.05, 0.1) is 12.7 Å². The summed E-state index contributed by atoms with van der Waals surface area (Å²) in [5.41, 5.74) is 2.52. The van der Waals surface area contributed by atoms with Gasteiger partial charge in [-0.2, -0.15) is 5.26 Å². The molecule has 3 rings (SSSR count). The Labute approximate surface area is 154 Å².